The molecule has 0 saturated carbocycles. The molecule has 0 aromatic heterocycles. The number of alkyl halides is 3. The SMILES string of the molecule is COc1ccc(NN=C(N)C(F)(F)F)cc1. The average Bonchev–Trinajstić information content (AvgIpc) is 2.25. The summed E-state index contributed by atoms with van der Waals surface area (Å²) in [6.45, 7) is 0. The maximum Gasteiger partial charge on any atom is 0.450 e. The second kappa shape index (κ2) is 4.73. The van der Waals surface area contributed by atoms with Crippen molar-refractivity contribution < 1.29 is 17.9 Å². The molecule has 0 saturated heterocycles. The van der Waals surface area contributed by atoms with Crippen molar-refractivity contribution in [2.45, 2.75) is 6.18 Å². The smallest absolute Gasteiger partial charge is 0.450 e. The zero-order valence-corrected chi connectivity index (χ0v) is 8.38. The molecule has 0 amide bonds. The van der Waals surface area contributed by atoms with E-state index in [1.165, 1.54) is 19.2 Å². The Morgan fingerprint density at radius 3 is 2.31 bits per heavy atom. The van der Waals surface area contributed by atoms with Gasteiger partial charge in [-0.2, -0.15) is 18.3 Å². The summed E-state index contributed by atoms with van der Waals surface area (Å²) in [7, 11) is 1.49. The highest BCUT2D eigenvalue weighted by atomic mass is 19.4. The Bertz CT molecular complexity index is 373. The second-order valence-corrected chi connectivity index (χ2v) is 2.84. The van der Waals surface area contributed by atoms with E-state index in [9.17, 15) is 13.2 Å². The summed E-state index contributed by atoms with van der Waals surface area (Å²) >= 11 is 0. The minimum Gasteiger partial charge on any atom is -0.497 e. The molecule has 88 valence electrons. The number of ether oxygens (including phenoxy) is 1. The Balaban J connectivity index is 2.67. The van der Waals surface area contributed by atoms with E-state index < -0.39 is 12.0 Å². The van der Waals surface area contributed by atoms with E-state index >= 15 is 0 Å². The minimum atomic E-state index is -4.63. The van der Waals surface area contributed by atoms with Crippen molar-refractivity contribution in [3.63, 3.8) is 0 Å². The summed E-state index contributed by atoms with van der Waals surface area (Å²) in [6, 6.07) is 6.21. The lowest BCUT2D eigenvalue weighted by Gasteiger charge is -2.06. The summed E-state index contributed by atoms with van der Waals surface area (Å²) in [5, 5.41) is 3.00. The fourth-order valence-corrected chi connectivity index (χ4v) is 0.854. The zero-order chi connectivity index (χ0) is 12.2. The van der Waals surface area contributed by atoms with E-state index in [0.29, 0.717) is 11.4 Å². The number of benzene rings is 1. The van der Waals surface area contributed by atoms with Crippen molar-refractivity contribution in [2.24, 2.45) is 10.8 Å². The number of halogens is 3. The summed E-state index contributed by atoms with van der Waals surface area (Å²) in [5.41, 5.74) is 7.26. The van der Waals surface area contributed by atoms with Gasteiger partial charge < -0.3 is 10.5 Å². The third-order valence-electron chi connectivity index (χ3n) is 1.69. The quantitative estimate of drug-likeness (QED) is 0.476. The molecule has 0 radical (unpaired) electrons. The Morgan fingerprint density at radius 1 is 1.31 bits per heavy atom. The molecule has 7 heteroatoms. The fraction of sp³-hybridized carbons (Fsp3) is 0.222. The lowest BCUT2D eigenvalue weighted by molar-refractivity contribution is -0.0599. The van der Waals surface area contributed by atoms with Crippen LogP contribution in [0.4, 0.5) is 18.9 Å². The van der Waals surface area contributed by atoms with Crippen LogP contribution in [0.2, 0.25) is 0 Å². The van der Waals surface area contributed by atoms with E-state index in [-0.39, 0.29) is 0 Å². The molecule has 3 N–H and O–H groups in total. The summed E-state index contributed by atoms with van der Waals surface area (Å²) in [4.78, 5) is 0. The Hall–Kier alpha value is -1.92. The maximum absolute atomic E-state index is 12.0. The molecule has 1 rings (SSSR count). The second-order valence-electron chi connectivity index (χ2n) is 2.84. The van der Waals surface area contributed by atoms with Crippen molar-refractivity contribution in [3.8, 4) is 5.75 Å². The molecule has 0 bridgehead atoms. The first kappa shape index (κ1) is 12.2. The molecule has 16 heavy (non-hydrogen) atoms. The number of amidine groups is 1. The summed E-state index contributed by atoms with van der Waals surface area (Å²) < 4.78 is 40.7. The molecule has 0 spiro atoms. The Morgan fingerprint density at radius 2 is 1.88 bits per heavy atom. The van der Waals surface area contributed by atoms with Gasteiger partial charge >= 0.3 is 6.18 Å². The maximum atomic E-state index is 12.0. The highest BCUT2D eigenvalue weighted by molar-refractivity contribution is 5.86. The fourth-order valence-electron chi connectivity index (χ4n) is 0.854. The van der Waals surface area contributed by atoms with Gasteiger partial charge in [0.15, 0.2) is 0 Å². The van der Waals surface area contributed by atoms with E-state index in [2.05, 4.69) is 10.5 Å². The predicted octanol–water partition coefficient (Wildman–Crippen LogP) is 1.94. The zero-order valence-electron chi connectivity index (χ0n) is 8.38. The number of nitrogens with one attached hydrogen (secondary N) is 1. The molecule has 0 atom stereocenters. The standard InChI is InChI=1S/C9H10F3N3O/c1-16-7-4-2-6(3-5-7)14-15-8(13)9(10,11)12/h2-5,14H,1H3,(H2,13,15). The first-order valence-electron chi connectivity index (χ1n) is 4.24. The molecule has 0 unspecified atom stereocenters. The van der Waals surface area contributed by atoms with Crippen molar-refractivity contribution in [1.29, 1.82) is 0 Å². The number of nitrogens with two attached hydrogens (primary N) is 1. The van der Waals surface area contributed by atoms with Crippen molar-refractivity contribution in [2.75, 3.05) is 12.5 Å². The number of methoxy groups -OCH3 is 1. The number of anilines is 1. The monoisotopic (exact) mass is 233 g/mol. The number of nitrogens with zero attached hydrogens (tertiary/aromatic N) is 1. The highest BCUT2D eigenvalue weighted by Crippen LogP contribution is 2.17. The molecule has 4 nitrogen and oxygen atoms in total. The van der Waals surface area contributed by atoms with Gasteiger partial charge in [0.2, 0.25) is 5.84 Å². The van der Waals surface area contributed by atoms with Crippen LogP contribution in [0.1, 0.15) is 0 Å². The van der Waals surface area contributed by atoms with E-state index in [1.807, 2.05) is 0 Å². The van der Waals surface area contributed by atoms with Crippen molar-refractivity contribution >= 4 is 11.5 Å². The first-order chi connectivity index (χ1) is 7.43. The predicted molar refractivity (Wildman–Crippen MR) is 54.3 cm³/mol. The number of hydrogen-bond donors (Lipinski definition) is 2. The van der Waals surface area contributed by atoms with Gasteiger partial charge in [0.1, 0.15) is 5.75 Å². The van der Waals surface area contributed by atoms with Crippen LogP contribution in [-0.2, 0) is 0 Å². The topological polar surface area (TPSA) is 59.6 Å². The number of hydrazone groups is 1. The molecule has 1 aromatic rings. The third-order valence-corrected chi connectivity index (χ3v) is 1.69. The molecule has 0 aliphatic carbocycles. The highest BCUT2D eigenvalue weighted by Gasteiger charge is 2.33. The lowest BCUT2D eigenvalue weighted by atomic mass is 10.3. The summed E-state index contributed by atoms with van der Waals surface area (Å²) in [6.07, 6.45) is -4.63. The Kier molecular flexibility index (Phi) is 3.60. The minimum absolute atomic E-state index is 0.382. The average molecular weight is 233 g/mol. The number of hydrogen-bond acceptors (Lipinski definition) is 3. The van der Waals surface area contributed by atoms with Gasteiger partial charge in [-0.1, -0.05) is 0 Å². The van der Waals surface area contributed by atoms with Gasteiger partial charge in [-0.3, -0.25) is 5.43 Å². The van der Waals surface area contributed by atoms with Crippen LogP contribution in [-0.4, -0.2) is 19.1 Å². The lowest BCUT2D eigenvalue weighted by Crippen LogP contribution is -2.32. The van der Waals surface area contributed by atoms with Gasteiger partial charge in [0.05, 0.1) is 12.8 Å². The van der Waals surface area contributed by atoms with Crippen LogP contribution in [0.3, 0.4) is 0 Å². The van der Waals surface area contributed by atoms with Gasteiger partial charge in [-0.05, 0) is 24.3 Å². The third kappa shape index (κ3) is 3.34. The molecule has 0 fully saturated rings. The molecule has 1 aromatic carbocycles. The largest absolute Gasteiger partial charge is 0.497 e. The van der Waals surface area contributed by atoms with Crippen molar-refractivity contribution in [3.05, 3.63) is 24.3 Å². The van der Waals surface area contributed by atoms with Gasteiger partial charge in [-0.25, -0.2) is 0 Å². The van der Waals surface area contributed by atoms with Gasteiger partial charge in [0, 0.05) is 0 Å². The first-order valence-corrected chi connectivity index (χ1v) is 4.24. The normalized spacial score (nSPS) is 12.4. The van der Waals surface area contributed by atoms with Crippen LogP contribution in [0.15, 0.2) is 29.4 Å². The van der Waals surface area contributed by atoms with Gasteiger partial charge in [-0.15, -0.1) is 0 Å². The molecular weight excluding hydrogens is 223 g/mol. The van der Waals surface area contributed by atoms with E-state index in [1.54, 1.807) is 12.1 Å². The molecule has 0 aliphatic heterocycles. The van der Waals surface area contributed by atoms with Crippen LogP contribution in [0.5, 0.6) is 5.75 Å². The van der Waals surface area contributed by atoms with Crippen LogP contribution >= 0.6 is 0 Å². The molecular formula is C9H10F3N3O. The Labute approximate surface area is 89.9 Å². The molecule has 0 heterocycles. The van der Waals surface area contributed by atoms with Gasteiger partial charge in [0.25, 0.3) is 0 Å². The summed E-state index contributed by atoms with van der Waals surface area (Å²) in [5.74, 6) is -0.832. The van der Waals surface area contributed by atoms with E-state index in [4.69, 9.17) is 10.5 Å². The number of rotatable bonds is 3. The molecule has 0 aliphatic rings. The van der Waals surface area contributed by atoms with E-state index in [0.717, 1.165) is 0 Å². The van der Waals surface area contributed by atoms with Crippen molar-refractivity contribution in [1.82, 2.24) is 0 Å². The van der Waals surface area contributed by atoms with Crippen LogP contribution < -0.4 is 15.9 Å². The van der Waals surface area contributed by atoms with Crippen LogP contribution in [0, 0.1) is 0 Å². The van der Waals surface area contributed by atoms with Crippen LogP contribution in [0.25, 0.3) is 0 Å².